The number of nitrogens with zero attached hydrogens (tertiary/aromatic N) is 2. The first-order valence-electron chi connectivity index (χ1n) is 7.80. The van der Waals surface area contributed by atoms with E-state index in [1.165, 1.54) is 17.7 Å². The molecule has 0 radical (unpaired) electrons. The summed E-state index contributed by atoms with van der Waals surface area (Å²) in [7, 11) is 0. The van der Waals surface area contributed by atoms with Crippen LogP contribution in [0.15, 0.2) is 10.9 Å². The highest BCUT2D eigenvalue weighted by atomic mass is 16.1. The Kier molecular flexibility index (Phi) is 5.00. The van der Waals surface area contributed by atoms with E-state index in [2.05, 4.69) is 25.7 Å². The molecule has 0 aromatic carbocycles. The molecule has 0 saturated carbocycles. The number of aromatic nitrogens is 1. The fourth-order valence-electron chi connectivity index (χ4n) is 3.09. The Morgan fingerprint density at radius 2 is 2.15 bits per heavy atom. The minimum atomic E-state index is 0.115. The van der Waals surface area contributed by atoms with Gasteiger partial charge in [0.25, 0.3) is 5.56 Å². The number of hydrogen-bond acceptors (Lipinski definition) is 3. The predicted molar refractivity (Wildman–Crippen MR) is 82.9 cm³/mol. The van der Waals surface area contributed by atoms with Crippen LogP contribution in [-0.4, -0.2) is 22.6 Å². The molecular weight excluding hydrogens is 250 g/mol. The molecule has 1 atom stereocenters. The van der Waals surface area contributed by atoms with E-state index in [0.29, 0.717) is 6.54 Å². The molecular formula is C16H27N3O. The molecule has 4 nitrogen and oxygen atoms in total. The summed E-state index contributed by atoms with van der Waals surface area (Å²) in [6.45, 7) is 9.92. The van der Waals surface area contributed by atoms with Crippen LogP contribution in [0.1, 0.15) is 56.5 Å². The van der Waals surface area contributed by atoms with Crippen LogP contribution in [0.25, 0.3) is 0 Å². The first-order chi connectivity index (χ1) is 9.62. The second kappa shape index (κ2) is 6.55. The van der Waals surface area contributed by atoms with Crippen molar-refractivity contribution in [2.75, 3.05) is 13.1 Å². The van der Waals surface area contributed by atoms with Crippen LogP contribution in [-0.2, 0) is 19.5 Å². The molecule has 2 rings (SSSR count). The summed E-state index contributed by atoms with van der Waals surface area (Å²) in [6, 6.07) is 2.29. The van der Waals surface area contributed by atoms with Gasteiger partial charge in [0.05, 0.1) is 0 Å². The highest BCUT2D eigenvalue weighted by Gasteiger charge is 2.22. The molecule has 2 N–H and O–H groups in total. The summed E-state index contributed by atoms with van der Waals surface area (Å²) in [5, 5.41) is 0. The van der Waals surface area contributed by atoms with Gasteiger partial charge in [-0.3, -0.25) is 9.69 Å². The average Bonchev–Trinajstić information content (AvgIpc) is 2.46. The van der Waals surface area contributed by atoms with Gasteiger partial charge in [-0.15, -0.1) is 0 Å². The van der Waals surface area contributed by atoms with E-state index in [-0.39, 0.29) is 11.6 Å². The third kappa shape index (κ3) is 2.81. The van der Waals surface area contributed by atoms with Crippen molar-refractivity contribution in [2.45, 2.75) is 59.2 Å². The highest BCUT2D eigenvalue weighted by molar-refractivity contribution is 5.29. The lowest BCUT2D eigenvalue weighted by Crippen LogP contribution is -2.38. The van der Waals surface area contributed by atoms with Crippen LogP contribution in [0.3, 0.4) is 0 Å². The second-order valence-corrected chi connectivity index (χ2v) is 5.80. The van der Waals surface area contributed by atoms with Gasteiger partial charge >= 0.3 is 0 Å². The zero-order valence-electron chi connectivity index (χ0n) is 13.0. The van der Waals surface area contributed by atoms with E-state index in [9.17, 15) is 4.79 Å². The first-order valence-corrected chi connectivity index (χ1v) is 7.80. The van der Waals surface area contributed by atoms with Gasteiger partial charge in [0.1, 0.15) is 0 Å². The topological polar surface area (TPSA) is 51.3 Å². The summed E-state index contributed by atoms with van der Waals surface area (Å²) < 4.78 is 2.00. The minimum absolute atomic E-state index is 0.115. The third-order valence-corrected chi connectivity index (χ3v) is 4.35. The van der Waals surface area contributed by atoms with Crippen molar-refractivity contribution < 1.29 is 0 Å². The molecule has 1 aliphatic rings. The standard InChI is InChI=1S/C16H27N3O/c1-4-7-18-8-6-15-14(11-18)9-13(10-17)16(20)19(15)12(3)5-2/h9,12H,4-8,10-11,17H2,1-3H3. The summed E-state index contributed by atoms with van der Waals surface area (Å²) in [5.41, 5.74) is 9.16. The summed E-state index contributed by atoms with van der Waals surface area (Å²) in [4.78, 5) is 15.0. The third-order valence-electron chi connectivity index (χ3n) is 4.35. The zero-order valence-corrected chi connectivity index (χ0v) is 13.0. The molecule has 1 aliphatic heterocycles. The fraction of sp³-hybridized carbons (Fsp3) is 0.688. The van der Waals surface area contributed by atoms with Gasteiger partial charge in [0.15, 0.2) is 0 Å². The van der Waals surface area contributed by atoms with Crippen LogP contribution < -0.4 is 11.3 Å². The molecule has 20 heavy (non-hydrogen) atoms. The summed E-state index contributed by atoms with van der Waals surface area (Å²) >= 11 is 0. The van der Waals surface area contributed by atoms with E-state index in [0.717, 1.165) is 38.0 Å². The molecule has 0 saturated heterocycles. The fourth-order valence-corrected chi connectivity index (χ4v) is 3.09. The first kappa shape index (κ1) is 15.3. The lowest BCUT2D eigenvalue weighted by molar-refractivity contribution is 0.246. The SMILES string of the molecule is CCCN1CCc2c(cc(CN)c(=O)n2C(C)CC)C1. The van der Waals surface area contributed by atoms with Gasteiger partial charge in [-0.2, -0.15) is 0 Å². The maximum absolute atomic E-state index is 12.5. The Balaban J connectivity index is 2.48. The lowest BCUT2D eigenvalue weighted by Gasteiger charge is -2.32. The molecule has 1 aromatic rings. The van der Waals surface area contributed by atoms with Crippen molar-refractivity contribution in [1.29, 1.82) is 0 Å². The van der Waals surface area contributed by atoms with Gasteiger partial charge in [-0.25, -0.2) is 0 Å². The van der Waals surface area contributed by atoms with Crippen molar-refractivity contribution in [3.05, 3.63) is 33.2 Å². The smallest absolute Gasteiger partial charge is 0.255 e. The van der Waals surface area contributed by atoms with E-state index < -0.39 is 0 Å². The summed E-state index contributed by atoms with van der Waals surface area (Å²) in [5.74, 6) is 0. The molecule has 0 bridgehead atoms. The number of pyridine rings is 1. The van der Waals surface area contributed by atoms with Crippen molar-refractivity contribution in [2.24, 2.45) is 5.73 Å². The number of fused-ring (bicyclic) bond motifs is 1. The van der Waals surface area contributed by atoms with Crippen LogP contribution in [0.4, 0.5) is 0 Å². The van der Waals surface area contributed by atoms with Gasteiger partial charge in [-0.1, -0.05) is 13.8 Å². The van der Waals surface area contributed by atoms with E-state index in [4.69, 9.17) is 5.73 Å². The molecule has 0 aliphatic carbocycles. The van der Waals surface area contributed by atoms with Crippen molar-refractivity contribution in [3.8, 4) is 0 Å². The van der Waals surface area contributed by atoms with Crippen molar-refractivity contribution >= 4 is 0 Å². The van der Waals surface area contributed by atoms with Crippen LogP contribution in [0.5, 0.6) is 0 Å². The number of nitrogens with two attached hydrogens (primary N) is 1. The monoisotopic (exact) mass is 277 g/mol. The lowest BCUT2D eigenvalue weighted by atomic mass is 10.0. The van der Waals surface area contributed by atoms with E-state index >= 15 is 0 Å². The quantitative estimate of drug-likeness (QED) is 0.896. The van der Waals surface area contributed by atoms with Gasteiger partial charge < -0.3 is 10.3 Å². The molecule has 0 fully saturated rings. The van der Waals surface area contributed by atoms with Gasteiger partial charge in [0, 0.05) is 43.4 Å². The Bertz CT molecular complexity index is 521. The molecule has 112 valence electrons. The molecule has 2 heterocycles. The molecule has 4 heteroatoms. The largest absolute Gasteiger partial charge is 0.326 e. The molecule has 1 unspecified atom stereocenters. The van der Waals surface area contributed by atoms with Crippen LogP contribution in [0, 0.1) is 0 Å². The van der Waals surface area contributed by atoms with Gasteiger partial charge in [0.2, 0.25) is 0 Å². The Morgan fingerprint density at radius 1 is 1.40 bits per heavy atom. The maximum Gasteiger partial charge on any atom is 0.255 e. The zero-order chi connectivity index (χ0) is 14.7. The van der Waals surface area contributed by atoms with E-state index in [1.54, 1.807) is 0 Å². The number of hydrogen-bond donors (Lipinski definition) is 1. The molecule has 0 amide bonds. The Hall–Kier alpha value is -1.13. The maximum atomic E-state index is 12.5. The van der Waals surface area contributed by atoms with E-state index in [1.807, 2.05) is 10.6 Å². The number of rotatable bonds is 5. The average molecular weight is 277 g/mol. The Labute approximate surface area is 121 Å². The predicted octanol–water partition coefficient (Wildman–Crippen LogP) is 2.05. The van der Waals surface area contributed by atoms with Gasteiger partial charge in [-0.05, 0) is 37.9 Å². The summed E-state index contributed by atoms with van der Waals surface area (Å²) in [6.07, 6.45) is 3.11. The van der Waals surface area contributed by atoms with Crippen molar-refractivity contribution in [1.82, 2.24) is 9.47 Å². The molecule has 1 aromatic heterocycles. The second-order valence-electron chi connectivity index (χ2n) is 5.80. The van der Waals surface area contributed by atoms with Crippen LogP contribution >= 0.6 is 0 Å². The normalized spacial score (nSPS) is 17.0. The minimum Gasteiger partial charge on any atom is -0.326 e. The van der Waals surface area contributed by atoms with Crippen LogP contribution in [0.2, 0.25) is 0 Å². The highest BCUT2D eigenvalue weighted by Crippen LogP contribution is 2.22. The Morgan fingerprint density at radius 3 is 2.75 bits per heavy atom. The van der Waals surface area contributed by atoms with Crippen molar-refractivity contribution in [3.63, 3.8) is 0 Å². The molecule has 0 spiro atoms.